The van der Waals surface area contributed by atoms with Gasteiger partial charge in [0, 0.05) is 20.3 Å². The molecular weight excluding hydrogens is 648 g/mol. The number of carbonyl (C=O) groups is 2. The standard InChI is InChI=1S/C16H27N3O4.C15H25N3O4.C4H8O/c1-8-9-23-15(20)19(5)10-16(4)14(22-7)17-12(11(2)3)13(18-16)21-6;1-7-8-22-14(19)16-9-15(4)13(21-6)17-11(10(2)3)12(18-15)20-5;1-2-4-5-3-1/h8,11-12H,1,9-10H2,2-7H3;7,10-11H,1,8-9H2,2-6H3,(H,16,19);1-4H2/t12-,16+;11-,15+;/m11./s1. The van der Waals surface area contributed by atoms with Crippen molar-refractivity contribution in [3.63, 3.8) is 0 Å². The smallest absolute Gasteiger partial charge is 0.409 e. The minimum absolute atomic E-state index is 0.149. The summed E-state index contributed by atoms with van der Waals surface area (Å²) in [5.41, 5.74) is -1.66. The van der Waals surface area contributed by atoms with E-state index in [-0.39, 0.29) is 50.2 Å². The SMILES string of the molecule is C1CCOC1.C=CCOC(=O)N(C)C[C@]1(C)N=C(OC)[C@@H](C(C)C)N=C1OC.C=CCOC(=O)NC[C@]1(C)N=C(OC)[C@@H](C(C)C)N=C1OC. The fourth-order valence-electron chi connectivity index (χ4n) is 5.03. The van der Waals surface area contributed by atoms with Gasteiger partial charge in [0.1, 0.15) is 25.3 Å². The molecule has 0 bridgehead atoms. The van der Waals surface area contributed by atoms with Crippen molar-refractivity contribution in [2.75, 3.05) is 75.0 Å². The van der Waals surface area contributed by atoms with Crippen LogP contribution in [0.4, 0.5) is 9.59 Å². The Morgan fingerprint density at radius 3 is 1.70 bits per heavy atom. The molecule has 50 heavy (non-hydrogen) atoms. The van der Waals surface area contributed by atoms with E-state index in [0.717, 1.165) is 13.2 Å². The molecule has 0 aliphatic carbocycles. The largest absolute Gasteiger partial charge is 0.483 e. The van der Waals surface area contributed by atoms with Crippen molar-refractivity contribution in [2.24, 2.45) is 31.8 Å². The Balaban J connectivity index is 0.000000437. The zero-order valence-electron chi connectivity index (χ0n) is 31.9. The van der Waals surface area contributed by atoms with Gasteiger partial charge < -0.3 is 43.4 Å². The van der Waals surface area contributed by atoms with Crippen LogP contribution in [0.25, 0.3) is 0 Å². The number of rotatable bonds is 10. The Labute approximate surface area is 298 Å². The molecule has 0 unspecified atom stereocenters. The Kier molecular flexibility index (Phi) is 19.2. The van der Waals surface area contributed by atoms with Gasteiger partial charge in [-0.15, -0.1) is 0 Å². The summed E-state index contributed by atoms with van der Waals surface area (Å²) in [6, 6.07) is -0.387. The Morgan fingerprint density at radius 2 is 1.30 bits per heavy atom. The van der Waals surface area contributed by atoms with E-state index in [0.29, 0.717) is 23.6 Å². The molecule has 15 heteroatoms. The molecule has 1 fully saturated rings. The number of nitrogens with zero attached hydrogens (tertiary/aromatic N) is 5. The molecule has 0 aromatic carbocycles. The highest BCUT2D eigenvalue weighted by Crippen LogP contribution is 2.26. The average molecular weight is 709 g/mol. The number of nitrogens with one attached hydrogen (secondary N) is 1. The van der Waals surface area contributed by atoms with Gasteiger partial charge in [0.05, 0.1) is 41.5 Å². The first-order chi connectivity index (χ1) is 23.7. The number of hydrogen-bond donors (Lipinski definition) is 1. The fourth-order valence-corrected chi connectivity index (χ4v) is 5.03. The number of alkyl carbamates (subject to hydrolysis) is 1. The van der Waals surface area contributed by atoms with Gasteiger partial charge in [-0.3, -0.25) is 0 Å². The van der Waals surface area contributed by atoms with Gasteiger partial charge in [0.25, 0.3) is 0 Å². The van der Waals surface area contributed by atoms with Crippen LogP contribution in [0.2, 0.25) is 0 Å². The molecule has 4 atom stereocenters. The van der Waals surface area contributed by atoms with Crippen molar-refractivity contribution in [1.29, 1.82) is 0 Å². The summed E-state index contributed by atoms with van der Waals surface area (Å²) >= 11 is 0. The summed E-state index contributed by atoms with van der Waals surface area (Å²) in [6.45, 7) is 21.6. The van der Waals surface area contributed by atoms with Gasteiger partial charge in [-0.2, -0.15) is 0 Å². The molecule has 0 radical (unpaired) electrons. The number of likely N-dealkylation sites (N-methyl/N-ethyl adjacent to an activating group) is 1. The number of methoxy groups -OCH3 is 4. The van der Waals surface area contributed by atoms with Crippen molar-refractivity contribution in [3.05, 3.63) is 25.3 Å². The molecule has 0 saturated carbocycles. The topological polar surface area (TPSA) is 163 Å². The molecule has 1 saturated heterocycles. The van der Waals surface area contributed by atoms with Crippen LogP contribution in [0.1, 0.15) is 54.4 Å². The fraction of sp³-hybridized carbons (Fsp3) is 0.714. The molecule has 15 nitrogen and oxygen atoms in total. The first-order valence-corrected chi connectivity index (χ1v) is 16.8. The average Bonchev–Trinajstić information content (AvgIpc) is 3.69. The van der Waals surface area contributed by atoms with Crippen LogP contribution in [0.15, 0.2) is 45.3 Å². The van der Waals surface area contributed by atoms with E-state index in [9.17, 15) is 9.59 Å². The minimum atomic E-state index is -0.835. The maximum atomic E-state index is 11.9. The van der Waals surface area contributed by atoms with Gasteiger partial charge >= 0.3 is 12.2 Å². The third kappa shape index (κ3) is 13.3. The third-order valence-electron chi connectivity index (χ3n) is 7.64. The molecule has 1 N–H and O–H groups in total. The summed E-state index contributed by atoms with van der Waals surface area (Å²) < 4.78 is 36.4. The Bertz CT molecular complexity index is 1220. The molecule has 0 aromatic rings. The van der Waals surface area contributed by atoms with Crippen molar-refractivity contribution in [2.45, 2.75) is 77.5 Å². The van der Waals surface area contributed by atoms with Crippen LogP contribution in [-0.4, -0.2) is 139 Å². The third-order valence-corrected chi connectivity index (χ3v) is 7.64. The van der Waals surface area contributed by atoms with Crippen molar-refractivity contribution >= 4 is 35.8 Å². The van der Waals surface area contributed by atoms with Gasteiger partial charge in [0.15, 0.2) is 11.1 Å². The Morgan fingerprint density at radius 1 is 0.840 bits per heavy atom. The predicted molar refractivity (Wildman–Crippen MR) is 196 cm³/mol. The highest BCUT2D eigenvalue weighted by molar-refractivity contribution is 5.98. The van der Waals surface area contributed by atoms with Gasteiger partial charge in [-0.25, -0.2) is 29.6 Å². The Hall–Kier alpha value is -4.14. The van der Waals surface area contributed by atoms with Crippen molar-refractivity contribution in [1.82, 2.24) is 10.2 Å². The van der Waals surface area contributed by atoms with Gasteiger partial charge in [-0.1, -0.05) is 53.0 Å². The number of hydrogen-bond acceptors (Lipinski definition) is 13. The van der Waals surface area contributed by atoms with Crippen LogP contribution in [0.5, 0.6) is 0 Å². The lowest BCUT2D eigenvalue weighted by Crippen LogP contribution is -2.51. The molecule has 3 aliphatic rings. The van der Waals surface area contributed by atoms with Crippen LogP contribution in [0, 0.1) is 11.8 Å². The maximum absolute atomic E-state index is 11.9. The van der Waals surface area contributed by atoms with Gasteiger partial charge in [0.2, 0.25) is 23.6 Å². The van der Waals surface area contributed by atoms with Crippen LogP contribution in [-0.2, 0) is 33.2 Å². The van der Waals surface area contributed by atoms with E-state index < -0.39 is 23.3 Å². The van der Waals surface area contributed by atoms with Crippen molar-refractivity contribution in [3.8, 4) is 0 Å². The molecule has 0 spiro atoms. The lowest BCUT2D eigenvalue weighted by Gasteiger charge is -2.35. The van der Waals surface area contributed by atoms with E-state index in [1.54, 1.807) is 28.4 Å². The second kappa shape index (κ2) is 21.8. The zero-order valence-corrected chi connectivity index (χ0v) is 31.9. The van der Waals surface area contributed by atoms with Crippen molar-refractivity contribution < 1.29 is 42.7 Å². The molecule has 284 valence electrons. The quantitative estimate of drug-likeness (QED) is 0.317. The van der Waals surface area contributed by atoms with E-state index in [4.69, 9.17) is 33.2 Å². The second-order valence-electron chi connectivity index (χ2n) is 12.8. The number of aliphatic imine (C=N–C) groups is 4. The van der Waals surface area contributed by atoms with Crippen LogP contribution in [0.3, 0.4) is 0 Å². The maximum Gasteiger partial charge on any atom is 0.409 e. The van der Waals surface area contributed by atoms with Crippen LogP contribution >= 0.6 is 0 Å². The predicted octanol–water partition coefficient (Wildman–Crippen LogP) is 4.71. The molecule has 3 aliphatic heterocycles. The van der Waals surface area contributed by atoms with E-state index in [1.807, 2.05) is 41.5 Å². The highest BCUT2D eigenvalue weighted by Gasteiger charge is 2.42. The minimum Gasteiger partial charge on any atom is -0.483 e. The van der Waals surface area contributed by atoms with E-state index in [1.165, 1.54) is 37.0 Å². The molecule has 2 amide bonds. The number of carbonyl (C=O) groups excluding carboxylic acids is 2. The molecular formula is C35H60N6O9. The first-order valence-electron chi connectivity index (χ1n) is 16.8. The highest BCUT2D eigenvalue weighted by atomic mass is 16.6. The lowest BCUT2D eigenvalue weighted by molar-refractivity contribution is 0.116. The second-order valence-corrected chi connectivity index (χ2v) is 12.8. The molecule has 3 rings (SSSR count). The lowest BCUT2D eigenvalue weighted by atomic mass is 9.96. The molecule has 0 aromatic heterocycles. The zero-order chi connectivity index (χ0) is 37.9. The normalized spacial score (nSPS) is 23.9. The van der Waals surface area contributed by atoms with Gasteiger partial charge in [-0.05, 0) is 38.5 Å². The summed E-state index contributed by atoms with van der Waals surface area (Å²) in [5.74, 6) is 2.43. The summed E-state index contributed by atoms with van der Waals surface area (Å²) in [5, 5.41) is 2.65. The summed E-state index contributed by atoms with van der Waals surface area (Å²) in [4.78, 5) is 43.4. The number of amides is 2. The number of ether oxygens (including phenoxy) is 7. The monoisotopic (exact) mass is 708 g/mol. The molecule has 3 heterocycles. The summed E-state index contributed by atoms with van der Waals surface area (Å²) in [6.07, 6.45) is 4.57. The van der Waals surface area contributed by atoms with Crippen LogP contribution < -0.4 is 5.32 Å². The summed E-state index contributed by atoms with van der Waals surface area (Å²) in [7, 11) is 7.87. The van der Waals surface area contributed by atoms with E-state index >= 15 is 0 Å². The van der Waals surface area contributed by atoms with E-state index in [2.05, 4.69) is 38.4 Å². The first kappa shape index (κ1) is 43.9.